The molecule has 2 aromatic heterocycles. The number of carbonyl (C=O) groups excluding carboxylic acids is 1. The number of rotatable bonds is 2. The summed E-state index contributed by atoms with van der Waals surface area (Å²) < 4.78 is 1.84. The van der Waals surface area contributed by atoms with Crippen LogP contribution in [0.2, 0.25) is 0 Å². The van der Waals surface area contributed by atoms with Crippen molar-refractivity contribution in [2.45, 2.75) is 52.4 Å². The van der Waals surface area contributed by atoms with Gasteiger partial charge in [0.1, 0.15) is 0 Å². The van der Waals surface area contributed by atoms with Gasteiger partial charge < -0.3 is 0 Å². The Balaban J connectivity index is 1.42. The van der Waals surface area contributed by atoms with Crippen molar-refractivity contribution in [3.05, 3.63) is 10.6 Å². The second-order valence-electron chi connectivity index (χ2n) is 8.03. The molecule has 0 aromatic carbocycles. The number of nitrogens with zero attached hydrogens (tertiary/aromatic N) is 3. The summed E-state index contributed by atoms with van der Waals surface area (Å²) >= 11 is 1.62. The second-order valence-corrected chi connectivity index (χ2v) is 9.21. The van der Waals surface area contributed by atoms with Gasteiger partial charge >= 0.3 is 0 Å². The van der Waals surface area contributed by atoms with E-state index in [1.165, 1.54) is 24.1 Å². The maximum absolute atomic E-state index is 13.0. The van der Waals surface area contributed by atoms with Gasteiger partial charge in [-0.1, -0.05) is 11.3 Å². The lowest BCUT2D eigenvalue weighted by Gasteiger charge is -2.55. The van der Waals surface area contributed by atoms with Gasteiger partial charge in [0.05, 0.1) is 11.1 Å². The van der Waals surface area contributed by atoms with Gasteiger partial charge in [-0.2, -0.15) is 4.98 Å². The molecule has 2 heterocycles. The quantitative estimate of drug-likeness (QED) is 0.916. The number of anilines is 1. The molecule has 0 saturated heterocycles. The van der Waals surface area contributed by atoms with Gasteiger partial charge in [0.15, 0.2) is 0 Å². The average molecular weight is 330 g/mol. The predicted molar refractivity (Wildman–Crippen MR) is 89.6 cm³/mol. The van der Waals surface area contributed by atoms with Gasteiger partial charge in [0, 0.05) is 4.88 Å². The van der Waals surface area contributed by atoms with Crippen LogP contribution >= 0.6 is 11.3 Å². The largest absolute Gasteiger partial charge is 0.293 e. The zero-order valence-corrected chi connectivity index (χ0v) is 14.4. The number of aromatic nitrogens is 3. The van der Waals surface area contributed by atoms with Crippen LogP contribution in [0.3, 0.4) is 0 Å². The van der Waals surface area contributed by atoms with Crippen LogP contribution in [0.5, 0.6) is 0 Å². The van der Waals surface area contributed by atoms with Crippen LogP contribution in [0, 0.1) is 37.0 Å². The van der Waals surface area contributed by atoms with Crippen LogP contribution in [-0.2, 0) is 4.79 Å². The lowest BCUT2D eigenvalue weighted by Crippen LogP contribution is -2.51. The van der Waals surface area contributed by atoms with Crippen molar-refractivity contribution in [2.24, 2.45) is 23.2 Å². The van der Waals surface area contributed by atoms with Gasteiger partial charge in [-0.25, -0.2) is 4.52 Å². The monoisotopic (exact) mass is 330 g/mol. The lowest BCUT2D eigenvalue weighted by atomic mass is 9.49. The summed E-state index contributed by atoms with van der Waals surface area (Å²) in [5.41, 5.74) is 0.964. The summed E-state index contributed by atoms with van der Waals surface area (Å²) in [6.45, 7) is 4.11. The van der Waals surface area contributed by atoms with Gasteiger partial charge in [-0.3, -0.25) is 10.1 Å². The number of nitrogens with one attached hydrogen (secondary N) is 1. The van der Waals surface area contributed by atoms with Crippen LogP contribution < -0.4 is 5.32 Å². The van der Waals surface area contributed by atoms with Crippen molar-refractivity contribution in [1.29, 1.82) is 0 Å². The molecule has 6 heteroatoms. The van der Waals surface area contributed by atoms with E-state index >= 15 is 0 Å². The van der Waals surface area contributed by atoms with E-state index in [1.54, 1.807) is 11.3 Å². The third-order valence-corrected chi connectivity index (χ3v) is 7.44. The summed E-state index contributed by atoms with van der Waals surface area (Å²) in [5, 5.41) is 7.53. The number of carbonyl (C=O) groups is 1. The molecule has 0 spiro atoms. The molecule has 0 unspecified atom stereocenters. The van der Waals surface area contributed by atoms with Gasteiger partial charge in [0.25, 0.3) is 0 Å². The first-order valence-electron chi connectivity index (χ1n) is 8.67. The number of hydrogen-bond acceptors (Lipinski definition) is 4. The fourth-order valence-electron chi connectivity index (χ4n) is 5.62. The fourth-order valence-corrected chi connectivity index (χ4v) is 6.52. The Morgan fingerprint density at radius 2 is 1.78 bits per heavy atom. The molecule has 0 radical (unpaired) electrons. The molecule has 4 aliphatic rings. The van der Waals surface area contributed by atoms with Crippen molar-refractivity contribution in [2.75, 3.05) is 5.32 Å². The minimum Gasteiger partial charge on any atom is -0.293 e. The Kier molecular flexibility index (Phi) is 2.77. The highest BCUT2D eigenvalue weighted by Gasteiger charge is 2.54. The Hall–Kier alpha value is -1.43. The van der Waals surface area contributed by atoms with Crippen molar-refractivity contribution in [3.8, 4) is 0 Å². The van der Waals surface area contributed by atoms with E-state index in [0.29, 0.717) is 5.95 Å². The summed E-state index contributed by atoms with van der Waals surface area (Å²) in [4.78, 5) is 19.6. The summed E-state index contributed by atoms with van der Waals surface area (Å²) in [5.74, 6) is 2.96. The summed E-state index contributed by atoms with van der Waals surface area (Å²) in [6.07, 6.45) is 7.28. The second kappa shape index (κ2) is 4.56. The van der Waals surface area contributed by atoms with Crippen LogP contribution in [0.4, 0.5) is 5.95 Å². The predicted octanol–water partition coefficient (Wildman–Crippen LogP) is 3.56. The molecular formula is C17H22N4OS. The van der Waals surface area contributed by atoms with Crippen molar-refractivity contribution < 1.29 is 4.79 Å². The minimum absolute atomic E-state index is 0.140. The molecule has 4 aliphatic carbocycles. The third-order valence-electron chi connectivity index (χ3n) is 6.39. The van der Waals surface area contributed by atoms with E-state index < -0.39 is 0 Å². The number of thiazole rings is 1. The molecule has 2 aromatic rings. The zero-order valence-electron chi connectivity index (χ0n) is 13.6. The van der Waals surface area contributed by atoms with Crippen LogP contribution in [-0.4, -0.2) is 20.5 Å². The first kappa shape index (κ1) is 14.0. The third kappa shape index (κ3) is 2.00. The molecule has 1 N–H and O–H groups in total. The Morgan fingerprint density at radius 3 is 2.35 bits per heavy atom. The van der Waals surface area contributed by atoms with Crippen LogP contribution in [0.25, 0.3) is 4.96 Å². The SMILES string of the molecule is Cc1sc2nc(NC(=O)C34CC5CC(CC(C5)C3)C4)nn2c1C. The molecule has 4 bridgehead atoms. The topological polar surface area (TPSA) is 59.3 Å². The number of aryl methyl sites for hydroxylation is 2. The van der Waals surface area contributed by atoms with Crippen LogP contribution in [0.1, 0.15) is 49.1 Å². The molecule has 23 heavy (non-hydrogen) atoms. The molecule has 1 amide bonds. The first-order chi connectivity index (χ1) is 11.0. The minimum atomic E-state index is -0.140. The maximum atomic E-state index is 13.0. The standard InChI is InChI=1S/C17H22N4OS/c1-9-10(2)23-16-19-15(20-21(9)16)18-14(22)17-6-11-3-12(7-17)5-13(4-11)8-17/h11-13H,3-8H2,1-2H3,(H,18,20,22). The average Bonchev–Trinajstić information content (AvgIpc) is 2.97. The Bertz CT molecular complexity index is 770. The van der Waals surface area contributed by atoms with E-state index in [4.69, 9.17) is 0 Å². The number of hydrogen-bond donors (Lipinski definition) is 1. The van der Waals surface area contributed by atoms with Crippen molar-refractivity contribution in [3.63, 3.8) is 0 Å². The summed E-state index contributed by atoms with van der Waals surface area (Å²) in [7, 11) is 0. The van der Waals surface area contributed by atoms with Crippen molar-refractivity contribution in [1.82, 2.24) is 14.6 Å². The number of amides is 1. The fraction of sp³-hybridized carbons (Fsp3) is 0.706. The Morgan fingerprint density at radius 1 is 1.17 bits per heavy atom. The van der Waals surface area contributed by atoms with E-state index in [2.05, 4.69) is 22.3 Å². The molecule has 4 saturated carbocycles. The zero-order chi connectivity index (χ0) is 15.8. The molecule has 6 rings (SSSR count). The van der Waals surface area contributed by atoms with Gasteiger partial charge in [0.2, 0.25) is 16.8 Å². The number of fused-ring (bicyclic) bond motifs is 1. The summed E-state index contributed by atoms with van der Waals surface area (Å²) in [6, 6.07) is 0. The lowest BCUT2D eigenvalue weighted by molar-refractivity contribution is -0.140. The highest BCUT2D eigenvalue weighted by Crippen LogP contribution is 2.60. The first-order valence-corrected chi connectivity index (χ1v) is 9.48. The highest BCUT2D eigenvalue weighted by atomic mass is 32.1. The highest BCUT2D eigenvalue weighted by molar-refractivity contribution is 7.17. The molecule has 5 nitrogen and oxygen atoms in total. The molecule has 4 fully saturated rings. The normalized spacial score (nSPS) is 35.1. The van der Waals surface area contributed by atoms with Gasteiger partial charge in [-0.15, -0.1) is 5.10 Å². The van der Waals surface area contributed by atoms with E-state index in [-0.39, 0.29) is 11.3 Å². The molecular weight excluding hydrogens is 308 g/mol. The van der Waals surface area contributed by atoms with Gasteiger partial charge in [-0.05, 0) is 70.1 Å². The van der Waals surface area contributed by atoms with Crippen LogP contribution in [0.15, 0.2) is 0 Å². The van der Waals surface area contributed by atoms with E-state index in [0.717, 1.165) is 47.7 Å². The Labute approximate surface area is 139 Å². The maximum Gasteiger partial charge on any atom is 0.250 e. The van der Waals surface area contributed by atoms with Crippen molar-refractivity contribution >= 4 is 28.2 Å². The molecule has 0 atom stereocenters. The molecule has 122 valence electrons. The van der Waals surface area contributed by atoms with E-state index in [1.807, 2.05) is 11.4 Å². The smallest absolute Gasteiger partial charge is 0.250 e. The molecule has 0 aliphatic heterocycles. The van der Waals surface area contributed by atoms with E-state index in [9.17, 15) is 4.79 Å².